The summed E-state index contributed by atoms with van der Waals surface area (Å²) in [6, 6.07) is 9.42. The first-order valence-electron chi connectivity index (χ1n) is 5.60. The van der Waals surface area contributed by atoms with Gasteiger partial charge in [0.1, 0.15) is 17.6 Å². The van der Waals surface area contributed by atoms with Gasteiger partial charge in [-0.1, -0.05) is 0 Å². The van der Waals surface area contributed by atoms with Crippen molar-refractivity contribution in [3.05, 3.63) is 35.7 Å². The van der Waals surface area contributed by atoms with Crippen molar-refractivity contribution in [2.24, 2.45) is 5.73 Å². The first-order valence-corrected chi connectivity index (χ1v) is 5.60. The highest BCUT2D eigenvalue weighted by molar-refractivity contribution is 5.93. The van der Waals surface area contributed by atoms with Gasteiger partial charge in [0, 0.05) is 25.3 Å². The highest BCUT2D eigenvalue weighted by Gasteiger charge is 2.15. The van der Waals surface area contributed by atoms with Crippen LogP contribution in [0.5, 0.6) is 0 Å². The molecule has 6 nitrogen and oxygen atoms in total. The molecule has 2 rings (SSSR count). The molecule has 1 heterocycles. The second-order valence-corrected chi connectivity index (χ2v) is 4.23. The summed E-state index contributed by atoms with van der Waals surface area (Å²) < 4.78 is 0. The van der Waals surface area contributed by atoms with Crippen molar-refractivity contribution < 1.29 is 4.79 Å². The molecule has 0 radical (unpaired) electrons. The largest absolute Gasteiger partial charge is 0.378 e. The van der Waals surface area contributed by atoms with E-state index in [1.165, 1.54) is 0 Å². The zero-order valence-electron chi connectivity index (χ0n) is 10.6. The van der Waals surface area contributed by atoms with Gasteiger partial charge >= 0.3 is 0 Å². The summed E-state index contributed by atoms with van der Waals surface area (Å²) in [4.78, 5) is 20.0. The second kappa shape index (κ2) is 4.82. The monoisotopic (exact) mass is 255 g/mol. The van der Waals surface area contributed by atoms with Crippen LogP contribution in [-0.4, -0.2) is 30.0 Å². The molecule has 0 spiro atoms. The van der Waals surface area contributed by atoms with Gasteiger partial charge in [0.15, 0.2) is 5.69 Å². The first-order chi connectivity index (χ1) is 9.02. The number of nitriles is 1. The molecule has 0 saturated carbocycles. The summed E-state index contributed by atoms with van der Waals surface area (Å²) in [5.41, 5.74) is 7.06. The van der Waals surface area contributed by atoms with Gasteiger partial charge in [-0.15, -0.1) is 0 Å². The molecule has 0 bridgehead atoms. The summed E-state index contributed by atoms with van der Waals surface area (Å²) in [6.45, 7) is 0. The fraction of sp³-hybridized carbons (Fsp3) is 0.154. The number of carbonyl (C=O) groups excluding carboxylic acids is 1. The molecule has 1 aromatic heterocycles. The van der Waals surface area contributed by atoms with E-state index in [0.29, 0.717) is 5.82 Å². The van der Waals surface area contributed by atoms with Crippen LogP contribution in [0.3, 0.4) is 0 Å². The number of H-pyrrole nitrogens is 1. The van der Waals surface area contributed by atoms with Crippen molar-refractivity contribution in [3.8, 4) is 17.5 Å². The minimum absolute atomic E-state index is 0.0131. The number of nitrogens with one attached hydrogen (secondary N) is 1. The van der Waals surface area contributed by atoms with E-state index in [1.54, 1.807) is 0 Å². The lowest BCUT2D eigenvalue weighted by Crippen LogP contribution is -2.13. The highest BCUT2D eigenvalue weighted by Crippen LogP contribution is 2.21. The third-order valence-electron chi connectivity index (χ3n) is 2.71. The quantitative estimate of drug-likeness (QED) is 0.858. The minimum Gasteiger partial charge on any atom is -0.378 e. The average Bonchev–Trinajstić information content (AvgIpc) is 2.83. The van der Waals surface area contributed by atoms with E-state index in [-0.39, 0.29) is 11.4 Å². The Labute approximate surface area is 110 Å². The van der Waals surface area contributed by atoms with Gasteiger partial charge in [-0.25, -0.2) is 4.98 Å². The van der Waals surface area contributed by atoms with Gasteiger partial charge in [0.2, 0.25) is 0 Å². The van der Waals surface area contributed by atoms with E-state index < -0.39 is 5.91 Å². The number of nitrogens with two attached hydrogens (primary N) is 1. The van der Waals surface area contributed by atoms with Crippen LogP contribution in [0, 0.1) is 11.3 Å². The Balaban J connectivity index is 2.42. The van der Waals surface area contributed by atoms with Crippen molar-refractivity contribution in [2.75, 3.05) is 19.0 Å². The third-order valence-corrected chi connectivity index (χ3v) is 2.71. The topological polar surface area (TPSA) is 98.8 Å². The van der Waals surface area contributed by atoms with Crippen molar-refractivity contribution in [2.45, 2.75) is 0 Å². The Morgan fingerprint density at radius 1 is 1.37 bits per heavy atom. The maximum atomic E-state index is 11.2. The predicted molar refractivity (Wildman–Crippen MR) is 71.6 cm³/mol. The van der Waals surface area contributed by atoms with Crippen molar-refractivity contribution in [3.63, 3.8) is 0 Å². The average molecular weight is 255 g/mol. The molecule has 1 amide bonds. The molecule has 96 valence electrons. The van der Waals surface area contributed by atoms with E-state index in [1.807, 2.05) is 49.3 Å². The molecule has 2 aromatic rings. The normalized spacial score (nSPS) is 9.95. The first kappa shape index (κ1) is 12.6. The molecule has 6 heteroatoms. The van der Waals surface area contributed by atoms with Crippen molar-refractivity contribution in [1.82, 2.24) is 9.97 Å². The molecule has 0 aliphatic heterocycles. The van der Waals surface area contributed by atoms with Crippen LogP contribution in [0.4, 0.5) is 5.69 Å². The van der Waals surface area contributed by atoms with Crippen molar-refractivity contribution >= 4 is 11.6 Å². The molecule has 0 fully saturated rings. The number of aromatic amines is 1. The molecule has 3 N–H and O–H groups in total. The lowest BCUT2D eigenvalue weighted by atomic mass is 10.2. The molecule has 0 unspecified atom stereocenters. The SMILES string of the molecule is CN(C)c1ccc(-c2nc(C#N)c(C(N)=O)[nH]2)cc1. The Morgan fingerprint density at radius 2 is 2.00 bits per heavy atom. The summed E-state index contributed by atoms with van der Waals surface area (Å²) in [6.07, 6.45) is 0. The summed E-state index contributed by atoms with van der Waals surface area (Å²) in [5.74, 6) is -0.240. The Bertz CT molecular complexity index is 649. The van der Waals surface area contributed by atoms with Gasteiger partial charge in [-0.05, 0) is 24.3 Å². The Kier molecular flexibility index (Phi) is 3.21. The van der Waals surface area contributed by atoms with Crippen LogP contribution in [-0.2, 0) is 0 Å². The smallest absolute Gasteiger partial charge is 0.268 e. The third kappa shape index (κ3) is 2.40. The van der Waals surface area contributed by atoms with Crippen LogP contribution < -0.4 is 10.6 Å². The Morgan fingerprint density at radius 3 is 2.42 bits per heavy atom. The number of hydrogen-bond donors (Lipinski definition) is 2. The van der Waals surface area contributed by atoms with Crippen LogP contribution in [0.1, 0.15) is 16.2 Å². The fourth-order valence-electron chi connectivity index (χ4n) is 1.69. The van der Waals surface area contributed by atoms with Crippen LogP contribution in [0.15, 0.2) is 24.3 Å². The predicted octanol–water partition coefficient (Wildman–Crippen LogP) is 1.11. The number of carbonyl (C=O) groups is 1. The molecule has 0 aliphatic carbocycles. The number of nitrogens with zero attached hydrogens (tertiary/aromatic N) is 3. The maximum Gasteiger partial charge on any atom is 0.268 e. The number of amides is 1. The lowest BCUT2D eigenvalue weighted by molar-refractivity contribution is 0.0996. The number of aromatic nitrogens is 2. The van der Waals surface area contributed by atoms with Gasteiger partial charge < -0.3 is 15.6 Å². The number of hydrogen-bond acceptors (Lipinski definition) is 4. The zero-order chi connectivity index (χ0) is 14.0. The Hall–Kier alpha value is -2.81. The zero-order valence-corrected chi connectivity index (χ0v) is 10.6. The highest BCUT2D eigenvalue weighted by atomic mass is 16.1. The molecule has 0 atom stereocenters. The van der Waals surface area contributed by atoms with Gasteiger partial charge in [0.05, 0.1) is 0 Å². The number of anilines is 1. The van der Waals surface area contributed by atoms with E-state index >= 15 is 0 Å². The number of benzene rings is 1. The second-order valence-electron chi connectivity index (χ2n) is 4.23. The molecule has 19 heavy (non-hydrogen) atoms. The fourth-order valence-corrected chi connectivity index (χ4v) is 1.69. The van der Waals surface area contributed by atoms with Gasteiger partial charge in [-0.2, -0.15) is 5.26 Å². The lowest BCUT2D eigenvalue weighted by Gasteiger charge is -2.12. The minimum atomic E-state index is -0.694. The van der Waals surface area contributed by atoms with Crippen LogP contribution in [0.25, 0.3) is 11.4 Å². The van der Waals surface area contributed by atoms with E-state index in [2.05, 4.69) is 9.97 Å². The molecule has 0 saturated heterocycles. The summed E-state index contributed by atoms with van der Waals surface area (Å²) in [7, 11) is 3.89. The van der Waals surface area contributed by atoms with Crippen LogP contribution in [0.2, 0.25) is 0 Å². The summed E-state index contributed by atoms with van der Waals surface area (Å²) >= 11 is 0. The number of imidazole rings is 1. The van der Waals surface area contributed by atoms with Gasteiger partial charge in [-0.3, -0.25) is 4.79 Å². The standard InChI is InChI=1S/C13H13N5O/c1-18(2)9-5-3-8(4-6-9)13-16-10(7-14)11(17-13)12(15)19/h3-6H,1-2H3,(H2,15,19)(H,16,17). The molecular formula is C13H13N5O. The molecule has 1 aromatic carbocycles. The van der Waals surface area contributed by atoms with E-state index in [0.717, 1.165) is 11.3 Å². The van der Waals surface area contributed by atoms with E-state index in [9.17, 15) is 4.79 Å². The van der Waals surface area contributed by atoms with E-state index in [4.69, 9.17) is 11.0 Å². The number of primary amides is 1. The van der Waals surface area contributed by atoms with Crippen molar-refractivity contribution in [1.29, 1.82) is 5.26 Å². The van der Waals surface area contributed by atoms with Crippen LogP contribution >= 0.6 is 0 Å². The van der Waals surface area contributed by atoms with Gasteiger partial charge in [0.25, 0.3) is 5.91 Å². The summed E-state index contributed by atoms with van der Waals surface area (Å²) in [5, 5.41) is 8.90. The molecular weight excluding hydrogens is 242 g/mol. The maximum absolute atomic E-state index is 11.2. The number of rotatable bonds is 3. The molecule has 0 aliphatic rings.